The van der Waals surface area contributed by atoms with Gasteiger partial charge in [0, 0.05) is 18.0 Å². The molecule has 0 saturated heterocycles. The van der Waals surface area contributed by atoms with E-state index >= 15 is 0 Å². The van der Waals surface area contributed by atoms with Crippen molar-refractivity contribution in [1.29, 1.82) is 0 Å². The fraction of sp³-hybridized carbons (Fsp3) is 0.167. The zero-order chi connectivity index (χ0) is 14.7. The summed E-state index contributed by atoms with van der Waals surface area (Å²) >= 11 is 0. The second kappa shape index (κ2) is 7.14. The van der Waals surface area contributed by atoms with E-state index in [2.05, 4.69) is 41.5 Å². The molecule has 0 radical (unpaired) electrons. The summed E-state index contributed by atoms with van der Waals surface area (Å²) in [5.41, 5.74) is 3.28. The average Bonchev–Trinajstić information content (AvgIpc) is 2.48. The predicted octanol–water partition coefficient (Wildman–Crippen LogP) is 4.33. The molecule has 3 aromatic rings. The van der Waals surface area contributed by atoms with E-state index in [1.807, 2.05) is 18.2 Å². The van der Waals surface area contributed by atoms with Gasteiger partial charge in [0.15, 0.2) is 0 Å². The second-order valence-corrected chi connectivity index (χ2v) is 5.19. The van der Waals surface area contributed by atoms with E-state index in [1.165, 1.54) is 5.56 Å². The van der Waals surface area contributed by atoms with Crippen molar-refractivity contribution in [2.24, 2.45) is 0 Å². The van der Waals surface area contributed by atoms with Crippen LogP contribution in [0.25, 0.3) is 10.9 Å². The number of halogens is 1. The molecule has 0 aliphatic rings. The van der Waals surface area contributed by atoms with Crippen molar-refractivity contribution in [1.82, 2.24) is 4.98 Å². The number of rotatable bonds is 4. The van der Waals surface area contributed by atoms with Gasteiger partial charge in [-0.05, 0) is 42.7 Å². The Morgan fingerprint density at radius 3 is 2.59 bits per heavy atom. The minimum absolute atomic E-state index is 0. The molecule has 4 heteroatoms. The first-order valence-electron chi connectivity index (χ1n) is 7.10. The number of anilines is 1. The molecule has 0 aliphatic heterocycles. The fourth-order valence-corrected chi connectivity index (χ4v) is 2.46. The Morgan fingerprint density at radius 1 is 1.05 bits per heavy atom. The third-order valence-electron chi connectivity index (χ3n) is 3.56. The topological polar surface area (TPSA) is 45.2 Å². The molecular weight excluding hydrogens is 296 g/mol. The van der Waals surface area contributed by atoms with Gasteiger partial charge in [0.25, 0.3) is 0 Å². The molecule has 22 heavy (non-hydrogen) atoms. The standard InChI is InChI=1S/C18H18N2O.ClH/c1-13-11-18(19-10-9-14-5-3-2-4-6-14)20-17-12-15(21)7-8-16(13)17;/h2-8,11-12,21H,9-10H2,1H3,(H,19,20);1H. The Kier molecular flexibility index (Phi) is 5.23. The highest BCUT2D eigenvalue weighted by Crippen LogP contribution is 2.23. The number of phenols is 1. The molecule has 2 aromatic carbocycles. The number of phenolic OH excluding ortho intramolecular Hbond substituents is 1. The number of nitrogens with one attached hydrogen (secondary N) is 1. The second-order valence-electron chi connectivity index (χ2n) is 5.19. The van der Waals surface area contributed by atoms with Crippen molar-refractivity contribution in [3.63, 3.8) is 0 Å². The van der Waals surface area contributed by atoms with E-state index in [-0.39, 0.29) is 18.2 Å². The molecule has 0 saturated carbocycles. The molecule has 0 bridgehead atoms. The number of hydrogen-bond acceptors (Lipinski definition) is 3. The maximum absolute atomic E-state index is 9.58. The number of aromatic nitrogens is 1. The molecule has 0 fully saturated rings. The van der Waals surface area contributed by atoms with Crippen LogP contribution < -0.4 is 5.32 Å². The van der Waals surface area contributed by atoms with Crippen LogP contribution in [0.1, 0.15) is 11.1 Å². The van der Waals surface area contributed by atoms with Crippen molar-refractivity contribution in [3.8, 4) is 5.75 Å². The largest absolute Gasteiger partial charge is 0.508 e. The van der Waals surface area contributed by atoms with E-state index in [4.69, 9.17) is 0 Å². The molecule has 0 unspecified atom stereocenters. The van der Waals surface area contributed by atoms with E-state index in [9.17, 15) is 5.11 Å². The van der Waals surface area contributed by atoms with Crippen LogP contribution in [-0.2, 0) is 6.42 Å². The number of fused-ring (bicyclic) bond motifs is 1. The lowest BCUT2D eigenvalue weighted by Gasteiger charge is -2.09. The summed E-state index contributed by atoms with van der Waals surface area (Å²) in [4.78, 5) is 4.56. The molecule has 0 aliphatic carbocycles. The number of pyridine rings is 1. The van der Waals surface area contributed by atoms with Crippen LogP contribution in [0.15, 0.2) is 54.6 Å². The molecule has 2 N–H and O–H groups in total. The zero-order valence-electron chi connectivity index (χ0n) is 12.4. The van der Waals surface area contributed by atoms with Gasteiger partial charge >= 0.3 is 0 Å². The first-order chi connectivity index (χ1) is 10.2. The molecular formula is C18H19ClN2O. The van der Waals surface area contributed by atoms with Crippen LogP contribution >= 0.6 is 12.4 Å². The highest BCUT2D eigenvalue weighted by Gasteiger charge is 2.03. The lowest BCUT2D eigenvalue weighted by atomic mass is 10.1. The molecule has 3 nitrogen and oxygen atoms in total. The fourth-order valence-electron chi connectivity index (χ4n) is 2.46. The first kappa shape index (κ1) is 16.1. The minimum Gasteiger partial charge on any atom is -0.508 e. The number of benzene rings is 2. The lowest BCUT2D eigenvalue weighted by molar-refractivity contribution is 0.476. The third-order valence-corrected chi connectivity index (χ3v) is 3.56. The van der Waals surface area contributed by atoms with Gasteiger partial charge in [-0.2, -0.15) is 0 Å². The summed E-state index contributed by atoms with van der Waals surface area (Å²) in [5, 5.41) is 14.0. The maximum atomic E-state index is 9.58. The van der Waals surface area contributed by atoms with Crippen molar-refractivity contribution >= 4 is 29.1 Å². The van der Waals surface area contributed by atoms with E-state index in [0.29, 0.717) is 0 Å². The summed E-state index contributed by atoms with van der Waals surface area (Å²) in [6.45, 7) is 2.89. The van der Waals surface area contributed by atoms with Crippen LogP contribution in [0.2, 0.25) is 0 Å². The molecule has 114 valence electrons. The first-order valence-corrected chi connectivity index (χ1v) is 7.10. The molecule has 0 spiro atoms. The summed E-state index contributed by atoms with van der Waals surface area (Å²) in [5.74, 6) is 1.09. The highest BCUT2D eigenvalue weighted by molar-refractivity contribution is 5.85. The summed E-state index contributed by atoms with van der Waals surface area (Å²) in [6.07, 6.45) is 0.958. The predicted molar refractivity (Wildman–Crippen MR) is 94.0 cm³/mol. The van der Waals surface area contributed by atoms with Crippen LogP contribution in [-0.4, -0.2) is 16.6 Å². The SMILES string of the molecule is Cc1cc(NCCc2ccccc2)nc2cc(O)ccc12.Cl. The summed E-state index contributed by atoms with van der Waals surface area (Å²) in [7, 11) is 0. The number of aromatic hydroxyl groups is 1. The normalized spacial score (nSPS) is 10.2. The molecule has 0 atom stereocenters. The van der Waals surface area contributed by atoms with Crippen LogP contribution in [0, 0.1) is 6.92 Å². The minimum atomic E-state index is 0. The van der Waals surface area contributed by atoms with Crippen molar-refractivity contribution < 1.29 is 5.11 Å². The van der Waals surface area contributed by atoms with Gasteiger partial charge in [0.05, 0.1) is 5.52 Å². The molecule has 3 rings (SSSR count). The Morgan fingerprint density at radius 2 is 1.82 bits per heavy atom. The van der Waals surface area contributed by atoms with E-state index in [1.54, 1.807) is 12.1 Å². The number of aryl methyl sites for hydroxylation is 1. The van der Waals surface area contributed by atoms with Gasteiger partial charge in [-0.3, -0.25) is 0 Å². The van der Waals surface area contributed by atoms with Crippen LogP contribution in [0.5, 0.6) is 5.75 Å². The zero-order valence-corrected chi connectivity index (χ0v) is 13.2. The Labute approximate surface area is 136 Å². The monoisotopic (exact) mass is 314 g/mol. The highest BCUT2D eigenvalue weighted by atomic mass is 35.5. The van der Waals surface area contributed by atoms with E-state index in [0.717, 1.165) is 35.2 Å². The maximum Gasteiger partial charge on any atom is 0.126 e. The molecule has 1 aromatic heterocycles. The molecule has 1 heterocycles. The number of nitrogens with zero attached hydrogens (tertiary/aromatic N) is 1. The average molecular weight is 315 g/mol. The van der Waals surface area contributed by atoms with Crippen molar-refractivity contribution in [2.75, 3.05) is 11.9 Å². The van der Waals surface area contributed by atoms with Crippen LogP contribution in [0.3, 0.4) is 0 Å². The third kappa shape index (κ3) is 3.68. The smallest absolute Gasteiger partial charge is 0.126 e. The van der Waals surface area contributed by atoms with Gasteiger partial charge < -0.3 is 10.4 Å². The Balaban J connectivity index is 0.00000176. The quantitative estimate of drug-likeness (QED) is 0.753. The van der Waals surface area contributed by atoms with Gasteiger partial charge in [-0.15, -0.1) is 12.4 Å². The van der Waals surface area contributed by atoms with Gasteiger partial charge in [0.2, 0.25) is 0 Å². The van der Waals surface area contributed by atoms with Crippen molar-refractivity contribution in [3.05, 3.63) is 65.7 Å². The van der Waals surface area contributed by atoms with Gasteiger partial charge in [-0.1, -0.05) is 30.3 Å². The van der Waals surface area contributed by atoms with Gasteiger partial charge in [0.1, 0.15) is 11.6 Å². The Bertz CT molecular complexity index is 760. The molecule has 0 amide bonds. The van der Waals surface area contributed by atoms with Gasteiger partial charge in [-0.25, -0.2) is 4.98 Å². The van der Waals surface area contributed by atoms with Crippen LogP contribution in [0.4, 0.5) is 5.82 Å². The Hall–Kier alpha value is -2.26. The lowest BCUT2D eigenvalue weighted by Crippen LogP contribution is -2.06. The van der Waals surface area contributed by atoms with E-state index < -0.39 is 0 Å². The van der Waals surface area contributed by atoms with Crippen molar-refractivity contribution in [2.45, 2.75) is 13.3 Å². The summed E-state index contributed by atoms with van der Waals surface area (Å²) < 4.78 is 0. The number of hydrogen-bond donors (Lipinski definition) is 2. The summed E-state index contributed by atoms with van der Waals surface area (Å²) in [6, 6.07) is 17.7.